The first-order valence-corrected chi connectivity index (χ1v) is 14.3. The van der Waals surface area contributed by atoms with Gasteiger partial charge in [0.15, 0.2) is 5.78 Å². The van der Waals surface area contributed by atoms with Crippen LogP contribution in [0, 0.1) is 6.92 Å². The zero-order valence-corrected chi connectivity index (χ0v) is 23.5. The first-order chi connectivity index (χ1) is 20.0. The van der Waals surface area contributed by atoms with Gasteiger partial charge in [0.05, 0.1) is 17.4 Å². The van der Waals surface area contributed by atoms with Crippen molar-refractivity contribution < 1.29 is 14.3 Å². The monoisotopic (exact) mass is 542 g/mol. The van der Waals surface area contributed by atoms with Crippen LogP contribution >= 0.6 is 0 Å². The highest BCUT2D eigenvalue weighted by Gasteiger charge is 2.41. The highest BCUT2D eigenvalue weighted by atomic mass is 16.5. The Morgan fingerprint density at radius 1 is 0.854 bits per heavy atom. The van der Waals surface area contributed by atoms with Gasteiger partial charge in [-0.2, -0.15) is 0 Å². The molecule has 1 aliphatic carbocycles. The van der Waals surface area contributed by atoms with Gasteiger partial charge in [0, 0.05) is 24.1 Å². The number of benzene rings is 4. The molecule has 0 radical (unpaired) electrons. The molecule has 6 rings (SSSR count). The molecule has 2 aliphatic rings. The van der Waals surface area contributed by atoms with E-state index in [4.69, 9.17) is 4.74 Å². The van der Waals surface area contributed by atoms with E-state index in [1.807, 2.05) is 90.7 Å². The first kappa shape index (κ1) is 26.6. The Labute approximate surface area is 241 Å². The molecule has 5 heteroatoms. The van der Waals surface area contributed by atoms with Crippen molar-refractivity contribution in [1.29, 1.82) is 0 Å². The number of ether oxygens (including phenoxy) is 1. The highest BCUT2D eigenvalue weighted by Crippen LogP contribution is 2.47. The van der Waals surface area contributed by atoms with E-state index in [9.17, 15) is 9.59 Å². The van der Waals surface area contributed by atoms with Gasteiger partial charge in [0.25, 0.3) is 0 Å². The topological polar surface area (TPSA) is 58.6 Å². The summed E-state index contributed by atoms with van der Waals surface area (Å²) < 4.78 is 6.04. The number of carbonyl (C=O) groups excluding carboxylic acids is 2. The van der Waals surface area contributed by atoms with E-state index in [1.54, 1.807) is 0 Å². The van der Waals surface area contributed by atoms with Crippen LogP contribution in [0.4, 0.5) is 11.4 Å². The molecule has 0 spiro atoms. The summed E-state index contributed by atoms with van der Waals surface area (Å²) in [6.45, 7) is 4.41. The van der Waals surface area contributed by atoms with Gasteiger partial charge >= 0.3 is 0 Å². The van der Waals surface area contributed by atoms with Crippen molar-refractivity contribution in [3.63, 3.8) is 0 Å². The lowest BCUT2D eigenvalue weighted by atomic mass is 9.78. The number of allylic oxidation sites excluding steroid dienone is 1. The minimum Gasteiger partial charge on any atom is -0.489 e. The molecule has 1 aliphatic heterocycles. The third-order valence-electron chi connectivity index (χ3n) is 8.05. The Morgan fingerprint density at radius 3 is 2.27 bits per heavy atom. The molecule has 1 heterocycles. The number of hydrogen-bond donors (Lipinski definition) is 1. The summed E-state index contributed by atoms with van der Waals surface area (Å²) in [7, 11) is 0. The zero-order valence-electron chi connectivity index (χ0n) is 23.5. The zero-order chi connectivity index (χ0) is 28.3. The van der Waals surface area contributed by atoms with E-state index >= 15 is 0 Å². The van der Waals surface area contributed by atoms with Gasteiger partial charge in [-0.15, -0.1) is 0 Å². The van der Waals surface area contributed by atoms with Crippen molar-refractivity contribution >= 4 is 23.1 Å². The van der Waals surface area contributed by atoms with Crippen LogP contribution in [-0.2, 0) is 16.2 Å². The molecule has 5 nitrogen and oxygen atoms in total. The van der Waals surface area contributed by atoms with E-state index < -0.39 is 6.04 Å². The van der Waals surface area contributed by atoms with Crippen LogP contribution in [-0.4, -0.2) is 11.7 Å². The number of anilines is 2. The van der Waals surface area contributed by atoms with Gasteiger partial charge in [0.1, 0.15) is 12.4 Å². The second kappa shape index (κ2) is 11.5. The number of amides is 1. The normalized spacial score (nSPS) is 18.2. The SMILES string of the molecule is CCC(=O)N1c2ccccc2NC2=C(C(=O)CC(c3ccc(C)cc3)C2)C1c1ccc(OCc2ccccc2)cc1. The van der Waals surface area contributed by atoms with Crippen LogP contribution in [0.5, 0.6) is 5.75 Å². The molecule has 4 aromatic rings. The molecule has 1 N–H and O–H groups in total. The van der Waals surface area contributed by atoms with Crippen molar-refractivity contribution in [2.45, 2.75) is 51.7 Å². The van der Waals surface area contributed by atoms with Gasteiger partial charge in [0.2, 0.25) is 5.91 Å². The number of carbonyl (C=O) groups is 2. The molecule has 0 bridgehead atoms. The largest absolute Gasteiger partial charge is 0.489 e. The summed E-state index contributed by atoms with van der Waals surface area (Å²) in [6, 6.07) is 33.6. The maximum atomic E-state index is 14.1. The van der Waals surface area contributed by atoms with Crippen LogP contribution < -0.4 is 15.0 Å². The van der Waals surface area contributed by atoms with Crippen LogP contribution in [0.25, 0.3) is 0 Å². The summed E-state index contributed by atoms with van der Waals surface area (Å²) in [5.74, 6) is 0.849. The summed E-state index contributed by atoms with van der Waals surface area (Å²) in [4.78, 5) is 29.5. The van der Waals surface area contributed by atoms with Crippen LogP contribution in [0.15, 0.2) is 114 Å². The highest BCUT2D eigenvalue weighted by molar-refractivity contribution is 6.06. The van der Waals surface area contributed by atoms with Gasteiger partial charge in [-0.1, -0.05) is 91.3 Å². The molecule has 41 heavy (non-hydrogen) atoms. The predicted octanol–water partition coefficient (Wildman–Crippen LogP) is 7.88. The molecule has 0 aromatic heterocycles. The maximum Gasteiger partial charge on any atom is 0.227 e. The quantitative estimate of drug-likeness (QED) is 0.269. The number of aryl methyl sites for hydroxylation is 1. The predicted molar refractivity (Wildman–Crippen MR) is 163 cm³/mol. The second-order valence-electron chi connectivity index (χ2n) is 10.8. The fourth-order valence-electron chi connectivity index (χ4n) is 5.91. The molecule has 0 fully saturated rings. The van der Waals surface area contributed by atoms with Crippen molar-refractivity contribution in [3.8, 4) is 5.75 Å². The lowest BCUT2D eigenvalue weighted by Gasteiger charge is -2.35. The Bertz CT molecular complexity index is 1590. The van der Waals surface area contributed by atoms with Crippen molar-refractivity contribution in [3.05, 3.63) is 137 Å². The van der Waals surface area contributed by atoms with E-state index in [1.165, 1.54) is 5.56 Å². The smallest absolute Gasteiger partial charge is 0.227 e. The third kappa shape index (κ3) is 5.40. The molecule has 2 atom stereocenters. The van der Waals surface area contributed by atoms with E-state index in [0.29, 0.717) is 31.4 Å². The van der Waals surface area contributed by atoms with E-state index in [2.05, 4.69) is 36.5 Å². The molecular weight excluding hydrogens is 508 g/mol. The maximum absolute atomic E-state index is 14.1. The molecular formula is C36H34N2O3. The molecule has 2 unspecified atom stereocenters. The number of rotatable bonds is 6. The Morgan fingerprint density at radius 2 is 1.54 bits per heavy atom. The summed E-state index contributed by atoms with van der Waals surface area (Å²) in [5.41, 5.74) is 7.51. The van der Waals surface area contributed by atoms with Crippen molar-refractivity contribution in [1.82, 2.24) is 0 Å². The third-order valence-corrected chi connectivity index (χ3v) is 8.05. The van der Waals surface area contributed by atoms with Crippen molar-refractivity contribution in [2.75, 3.05) is 10.2 Å². The standard InChI is InChI=1S/C36H34N2O3/c1-3-34(40)38-32-12-8-7-11-30(32)37-31-21-28(26-15-13-24(2)14-16-26)22-33(39)35(31)36(38)27-17-19-29(20-18-27)41-23-25-9-5-4-6-10-25/h4-20,28,36-37H,3,21-23H2,1-2H3. The molecule has 1 amide bonds. The van der Waals surface area contributed by atoms with Gasteiger partial charge in [-0.3, -0.25) is 14.5 Å². The van der Waals surface area contributed by atoms with E-state index in [0.717, 1.165) is 39.5 Å². The second-order valence-corrected chi connectivity index (χ2v) is 10.8. The number of nitrogens with zero attached hydrogens (tertiary/aromatic N) is 1. The molecule has 0 saturated carbocycles. The number of para-hydroxylation sites is 2. The number of Topliss-reactive ketones (excluding diaryl/α,β-unsaturated/α-hetero) is 1. The average molecular weight is 543 g/mol. The molecule has 4 aromatic carbocycles. The number of fused-ring (bicyclic) bond motifs is 1. The Hall–Kier alpha value is -4.64. The summed E-state index contributed by atoms with van der Waals surface area (Å²) >= 11 is 0. The fraction of sp³-hybridized carbons (Fsp3) is 0.222. The summed E-state index contributed by atoms with van der Waals surface area (Å²) in [6.07, 6.45) is 1.43. The minimum atomic E-state index is -0.539. The Balaban J connectivity index is 1.41. The van der Waals surface area contributed by atoms with Crippen molar-refractivity contribution in [2.24, 2.45) is 0 Å². The summed E-state index contributed by atoms with van der Waals surface area (Å²) in [5, 5.41) is 3.60. The van der Waals surface area contributed by atoms with Gasteiger partial charge in [-0.25, -0.2) is 0 Å². The number of nitrogens with one attached hydrogen (secondary N) is 1. The minimum absolute atomic E-state index is 0.0316. The number of hydrogen-bond acceptors (Lipinski definition) is 4. The average Bonchev–Trinajstić information content (AvgIpc) is 3.15. The van der Waals surface area contributed by atoms with Crippen LogP contribution in [0.1, 0.15) is 60.4 Å². The van der Waals surface area contributed by atoms with Gasteiger partial charge in [-0.05, 0) is 60.2 Å². The Kier molecular flexibility index (Phi) is 7.43. The molecule has 206 valence electrons. The number of ketones is 1. The fourth-order valence-corrected chi connectivity index (χ4v) is 5.91. The lowest BCUT2D eigenvalue weighted by molar-refractivity contribution is -0.119. The van der Waals surface area contributed by atoms with Crippen LogP contribution in [0.2, 0.25) is 0 Å². The lowest BCUT2D eigenvalue weighted by Crippen LogP contribution is -2.38. The van der Waals surface area contributed by atoms with Gasteiger partial charge < -0.3 is 10.1 Å². The van der Waals surface area contributed by atoms with E-state index in [-0.39, 0.29) is 17.6 Å². The first-order valence-electron chi connectivity index (χ1n) is 14.3. The molecule has 0 saturated heterocycles. The van der Waals surface area contributed by atoms with Crippen LogP contribution in [0.3, 0.4) is 0 Å².